The molecule has 2 aromatic rings. The van der Waals surface area contributed by atoms with Gasteiger partial charge in [0.15, 0.2) is 0 Å². The van der Waals surface area contributed by atoms with Gasteiger partial charge < -0.3 is 14.5 Å². The van der Waals surface area contributed by atoms with E-state index in [0.29, 0.717) is 17.6 Å². The maximum absolute atomic E-state index is 14.0. The van der Waals surface area contributed by atoms with E-state index < -0.39 is 5.82 Å². The minimum absolute atomic E-state index is 0.141. The van der Waals surface area contributed by atoms with Crippen molar-refractivity contribution in [3.63, 3.8) is 0 Å². The second-order valence-electron chi connectivity index (χ2n) is 6.19. The number of piperazine rings is 1. The summed E-state index contributed by atoms with van der Waals surface area (Å²) in [5.74, 6) is 0.145. The molecule has 132 valence electrons. The molecule has 0 unspecified atom stereocenters. The zero-order valence-corrected chi connectivity index (χ0v) is 15.7. The molecule has 1 amide bonds. The van der Waals surface area contributed by atoms with Gasteiger partial charge in [0, 0.05) is 10.0 Å². The molecular formula is C19H21BrFN2O2+. The van der Waals surface area contributed by atoms with E-state index in [0.717, 1.165) is 25.4 Å². The summed E-state index contributed by atoms with van der Waals surface area (Å²) in [6, 6.07) is 12.6. The van der Waals surface area contributed by atoms with Crippen LogP contribution in [0.4, 0.5) is 4.39 Å². The molecular weight excluding hydrogens is 387 g/mol. The Hall–Kier alpha value is -1.92. The van der Waals surface area contributed by atoms with Crippen LogP contribution in [0.25, 0.3) is 0 Å². The number of nitrogens with one attached hydrogen (secondary N) is 1. The van der Waals surface area contributed by atoms with Crippen LogP contribution in [0.3, 0.4) is 0 Å². The van der Waals surface area contributed by atoms with Crippen LogP contribution in [0.5, 0.6) is 5.75 Å². The van der Waals surface area contributed by atoms with Crippen molar-refractivity contribution in [2.45, 2.75) is 6.54 Å². The summed E-state index contributed by atoms with van der Waals surface area (Å²) in [4.78, 5) is 15.7. The number of ether oxygens (including phenoxy) is 1. The van der Waals surface area contributed by atoms with Crippen LogP contribution in [0.15, 0.2) is 46.9 Å². The summed E-state index contributed by atoms with van der Waals surface area (Å²) in [6.07, 6.45) is 0. The molecule has 1 aliphatic rings. The predicted molar refractivity (Wildman–Crippen MR) is 97.4 cm³/mol. The predicted octanol–water partition coefficient (Wildman–Crippen LogP) is 2.14. The summed E-state index contributed by atoms with van der Waals surface area (Å²) < 4.78 is 19.8. The largest absolute Gasteiger partial charge is 0.497 e. The molecule has 1 saturated heterocycles. The van der Waals surface area contributed by atoms with E-state index in [2.05, 4.69) is 28.1 Å². The Kier molecular flexibility index (Phi) is 5.71. The number of rotatable bonds is 4. The van der Waals surface area contributed by atoms with E-state index in [9.17, 15) is 9.18 Å². The molecule has 0 aromatic heterocycles. The monoisotopic (exact) mass is 407 g/mol. The first kappa shape index (κ1) is 17.9. The van der Waals surface area contributed by atoms with Gasteiger partial charge in [0.25, 0.3) is 5.91 Å². The first-order valence-electron chi connectivity index (χ1n) is 8.27. The first-order valence-corrected chi connectivity index (χ1v) is 9.07. The number of carbonyl (C=O) groups excluding carboxylic acids is 1. The summed E-state index contributed by atoms with van der Waals surface area (Å²) in [7, 11) is 1.66. The third kappa shape index (κ3) is 4.38. The number of quaternary nitrogens is 1. The Morgan fingerprint density at radius 1 is 1.20 bits per heavy atom. The fourth-order valence-corrected chi connectivity index (χ4v) is 3.40. The van der Waals surface area contributed by atoms with Crippen LogP contribution in [-0.4, -0.2) is 44.1 Å². The zero-order chi connectivity index (χ0) is 17.8. The average molecular weight is 408 g/mol. The van der Waals surface area contributed by atoms with Gasteiger partial charge >= 0.3 is 0 Å². The van der Waals surface area contributed by atoms with Crippen molar-refractivity contribution >= 4 is 21.8 Å². The fraction of sp³-hybridized carbons (Fsp3) is 0.316. The van der Waals surface area contributed by atoms with Gasteiger partial charge in [-0.05, 0) is 42.5 Å². The molecule has 0 bridgehead atoms. The van der Waals surface area contributed by atoms with E-state index >= 15 is 0 Å². The summed E-state index contributed by atoms with van der Waals surface area (Å²) >= 11 is 3.21. The van der Waals surface area contributed by atoms with E-state index in [-0.39, 0.29) is 11.5 Å². The van der Waals surface area contributed by atoms with E-state index in [1.807, 2.05) is 12.1 Å². The molecule has 0 radical (unpaired) electrons. The lowest BCUT2D eigenvalue weighted by Crippen LogP contribution is -3.13. The fourth-order valence-electron chi connectivity index (χ4n) is 3.07. The maximum Gasteiger partial charge on any atom is 0.257 e. The van der Waals surface area contributed by atoms with Crippen molar-refractivity contribution in [2.24, 2.45) is 0 Å². The minimum Gasteiger partial charge on any atom is -0.497 e. The zero-order valence-electron chi connectivity index (χ0n) is 14.1. The maximum atomic E-state index is 14.0. The highest BCUT2D eigenvalue weighted by Crippen LogP contribution is 2.17. The molecule has 6 heteroatoms. The summed E-state index contributed by atoms with van der Waals surface area (Å²) in [5, 5.41) is 0. The molecule has 3 rings (SSSR count). The number of amides is 1. The standard InChI is InChI=1S/C19H20BrFN2O2/c1-25-16-5-2-14(3-6-16)13-22-8-10-23(11-9-22)19(24)17-7-4-15(20)12-18(17)21/h2-7,12H,8-11,13H2,1H3/p+1. The van der Waals surface area contributed by atoms with Gasteiger partial charge in [0.1, 0.15) is 18.1 Å². The lowest BCUT2D eigenvalue weighted by Gasteiger charge is -2.32. The topological polar surface area (TPSA) is 34.0 Å². The normalized spacial score (nSPS) is 15.2. The lowest BCUT2D eigenvalue weighted by atomic mass is 10.1. The van der Waals surface area contributed by atoms with Gasteiger partial charge in [-0.2, -0.15) is 0 Å². The molecule has 1 heterocycles. The van der Waals surface area contributed by atoms with Crippen molar-refractivity contribution in [3.8, 4) is 5.75 Å². The molecule has 0 aliphatic carbocycles. The minimum atomic E-state index is -0.479. The van der Waals surface area contributed by atoms with Crippen LogP contribution >= 0.6 is 15.9 Å². The molecule has 1 aliphatic heterocycles. The Labute approximate surface area is 155 Å². The Balaban J connectivity index is 1.56. The van der Waals surface area contributed by atoms with Gasteiger partial charge in [-0.15, -0.1) is 0 Å². The van der Waals surface area contributed by atoms with Crippen LogP contribution in [-0.2, 0) is 6.54 Å². The second kappa shape index (κ2) is 7.97. The molecule has 2 aromatic carbocycles. The molecule has 1 N–H and O–H groups in total. The molecule has 0 saturated carbocycles. The third-order valence-corrected chi connectivity index (χ3v) is 5.03. The number of nitrogens with zero attached hydrogens (tertiary/aromatic N) is 1. The molecule has 0 spiro atoms. The molecule has 25 heavy (non-hydrogen) atoms. The molecule has 0 atom stereocenters. The van der Waals surface area contributed by atoms with Crippen LogP contribution in [0, 0.1) is 5.82 Å². The molecule has 4 nitrogen and oxygen atoms in total. The van der Waals surface area contributed by atoms with Gasteiger partial charge in [-0.1, -0.05) is 15.9 Å². The average Bonchev–Trinajstić information content (AvgIpc) is 2.62. The van der Waals surface area contributed by atoms with E-state index in [4.69, 9.17) is 4.74 Å². The van der Waals surface area contributed by atoms with Crippen LogP contribution in [0.1, 0.15) is 15.9 Å². The molecule has 1 fully saturated rings. The number of carbonyl (C=O) groups is 1. The summed E-state index contributed by atoms with van der Waals surface area (Å²) in [5.41, 5.74) is 1.39. The quantitative estimate of drug-likeness (QED) is 0.842. The Morgan fingerprint density at radius 2 is 1.88 bits per heavy atom. The van der Waals surface area contributed by atoms with Crippen molar-refractivity contribution in [3.05, 3.63) is 63.9 Å². The Bertz CT molecular complexity index is 744. The van der Waals surface area contributed by atoms with Crippen LogP contribution in [0.2, 0.25) is 0 Å². The lowest BCUT2D eigenvalue weighted by molar-refractivity contribution is -0.917. The van der Waals surface area contributed by atoms with Crippen molar-refractivity contribution in [1.29, 1.82) is 0 Å². The van der Waals surface area contributed by atoms with Crippen molar-refractivity contribution in [1.82, 2.24) is 4.90 Å². The van der Waals surface area contributed by atoms with Gasteiger partial charge in [-0.25, -0.2) is 4.39 Å². The van der Waals surface area contributed by atoms with Crippen molar-refractivity contribution < 1.29 is 18.8 Å². The third-order valence-electron chi connectivity index (χ3n) is 4.53. The highest BCUT2D eigenvalue weighted by Gasteiger charge is 2.26. The number of hydrogen-bond donors (Lipinski definition) is 1. The summed E-state index contributed by atoms with van der Waals surface area (Å²) in [6.45, 7) is 3.91. The smallest absolute Gasteiger partial charge is 0.257 e. The van der Waals surface area contributed by atoms with Gasteiger partial charge in [0.2, 0.25) is 0 Å². The SMILES string of the molecule is COc1ccc(C[NH+]2CCN(C(=O)c3ccc(Br)cc3F)CC2)cc1. The number of halogens is 2. The van der Waals surface area contributed by atoms with E-state index in [1.165, 1.54) is 16.5 Å². The number of benzene rings is 2. The highest BCUT2D eigenvalue weighted by atomic mass is 79.9. The van der Waals surface area contributed by atoms with Gasteiger partial charge in [-0.3, -0.25) is 4.79 Å². The van der Waals surface area contributed by atoms with Gasteiger partial charge in [0.05, 0.1) is 38.9 Å². The van der Waals surface area contributed by atoms with Crippen LogP contribution < -0.4 is 9.64 Å². The van der Waals surface area contributed by atoms with Crippen molar-refractivity contribution in [2.75, 3.05) is 33.3 Å². The number of methoxy groups -OCH3 is 1. The van der Waals surface area contributed by atoms with E-state index in [1.54, 1.807) is 24.1 Å². The first-order chi connectivity index (χ1) is 12.1. The highest BCUT2D eigenvalue weighted by molar-refractivity contribution is 9.10. The number of hydrogen-bond acceptors (Lipinski definition) is 2. The second-order valence-corrected chi connectivity index (χ2v) is 7.11. The Morgan fingerprint density at radius 3 is 2.48 bits per heavy atom.